The monoisotopic (exact) mass is 346 g/mol. The number of carbonyl (C=O) groups is 1. The number of nitrogens with zero attached hydrogens (tertiary/aromatic N) is 4. The van der Waals surface area contributed by atoms with Crippen molar-refractivity contribution in [2.24, 2.45) is 0 Å². The van der Waals surface area contributed by atoms with Crippen LogP contribution in [0.3, 0.4) is 0 Å². The highest BCUT2D eigenvalue weighted by atomic mass is 32.1. The normalized spacial score (nSPS) is 15.5. The Kier molecular flexibility index (Phi) is 4.71. The minimum Gasteiger partial charge on any atom is -0.444 e. The van der Waals surface area contributed by atoms with Crippen LogP contribution in [-0.2, 0) is 4.74 Å². The first kappa shape index (κ1) is 16.7. The molecule has 1 aliphatic rings. The fraction of sp³-hybridized carbons (Fsp3) is 0.471. The molecule has 0 N–H and O–H groups in total. The topological polar surface area (TPSA) is 58.6 Å². The van der Waals surface area contributed by atoms with Gasteiger partial charge in [0.25, 0.3) is 0 Å². The number of amides is 1. The smallest absolute Gasteiger partial charge is 0.410 e. The van der Waals surface area contributed by atoms with Gasteiger partial charge in [0.2, 0.25) is 0 Å². The summed E-state index contributed by atoms with van der Waals surface area (Å²) in [5, 5.41) is 12.7. The average Bonchev–Trinajstić information content (AvgIpc) is 3.08. The van der Waals surface area contributed by atoms with E-state index in [1.165, 1.54) is 0 Å². The second kappa shape index (κ2) is 6.76. The zero-order valence-electron chi connectivity index (χ0n) is 14.2. The summed E-state index contributed by atoms with van der Waals surface area (Å²) < 4.78 is 5.42. The first-order valence-corrected chi connectivity index (χ1v) is 8.96. The maximum atomic E-state index is 12.1. The molecule has 0 spiro atoms. The Morgan fingerprint density at radius 2 is 1.88 bits per heavy atom. The van der Waals surface area contributed by atoms with Gasteiger partial charge < -0.3 is 14.5 Å². The number of hydrogen-bond acceptors (Lipinski definition) is 6. The van der Waals surface area contributed by atoms with Gasteiger partial charge in [-0.1, -0.05) is 0 Å². The third-order valence-corrected chi connectivity index (χ3v) is 4.41. The summed E-state index contributed by atoms with van der Waals surface area (Å²) >= 11 is 1.65. The Labute approximate surface area is 146 Å². The molecule has 1 fully saturated rings. The first-order valence-electron chi connectivity index (χ1n) is 8.01. The minimum absolute atomic E-state index is 0.249. The lowest BCUT2D eigenvalue weighted by Crippen LogP contribution is -2.50. The van der Waals surface area contributed by atoms with Gasteiger partial charge in [0.1, 0.15) is 5.60 Å². The van der Waals surface area contributed by atoms with Crippen molar-refractivity contribution in [1.29, 1.82) is 0 Å². The standard InChI is InChI=1S/C17H22N4O2S/c1-17(2,3)23-16(22)21-9-7-20(8-10-21)15-5-4-14(18-19-15)13-6-11-24-12-13/h4-6,11-12H,7-10H2,1-3H3. The maximum Gasteiger partial charge on any atom is 0.410 e. The Morgan fingerprint density at radius 1 is 1.12 bits per heavy atom. The molecule has 0 saturated carbocycles. The van der Waals surface area contributed by atoms with Gasteiger partial charge in [-0.25, -0.2) is 4.79 Å². The highest BCUT2D eigenvalue weighted by Gasteiger charge is 2.26. The summed E-state index contributed by atoms with van der Waals surface area (Å²) in [5.41, 5.74) is 1.51. The third-order valence-electron chi connectivity index (χ3n) is 3.72. The number of hydrogen-bond donors (Lipinski definition) is 0. The van der Waals surface area contributed by atoms with E-state index < -0.39 is 5.60 Å². The Morgan fingerprint density at radius 3 is 2.42 bits per heavy atom. The van der Waals surface area contributed by atoms with Gasteiger partial charge in [0.05, 0.1) is 5.69 Å². The highest BCUT2D eigenvalue weighted by molar-refractivity contribution is 7.08. The fourth-order valence-electron chi connectivity index (χ4n) is 2.50. The van der Waals surface area contributed by atoms with Crippen LogP contribution in [0.2, 0.25) is 0 Å². The van der Waals surface area contributed by atoms with E-state index in [0.717, 1.165) is 30.2 Å². The molecule has 0 radical (unpaired) electrons. The molecule has 1 amide bonds. The number of rotatable bonds is 2. The van der Waals surface area contributed by atoms with Gasteiger partial charge in [-0.3, -0.25) is 0 Å². The predicted octanol–water partition coefficient (Wildman–Crippen LogP) is 3.26. The van der Waals surface area contributed by atoms with Gasteiger partial charge in [-0.05, 0) is 44.4 Å². The molecule has 2 aromatic rings. The lowest BCUT2D eigenvalue weighted by Gasteiger charge is -2.35. The molecule has 0 unspecified atom stereocenters. The van der Waals surface area contributed by atoms with Crippen molar-refractivity contribution in [3.05, 3.63) is 29.0 Å². The Hall–Kier alpha value is -2.15. The van der Waals surface area contributed by atoms with E-state index in [9.17, 15) is 4.79 Å². The molecule has 0 atom stereocenters. The molecular weight excluding hydrogens is 324 g/mol. The van der Waals surface area contributed by atoms with Crippen molar-refractivity contribution in [2.45, 2.75) is 26.4 Å². The predicted molar refractivity (Wildman–Crippen MR) is 95.4 cm³/mol. The molecule has 0 aliphatic carbocycles. The van der Waals surface area contributed by atoms with Crippen LogP contribution in [0.4, 0.5) is 10.6 Å². The van der Waals surface area contributed by atoms with Crippen LogP contribution in [0.25, 0.3) is 11.3 Å². The van der Waals surface area contributed by atoms with Crippen LogP contribution in [0.15, 0.2) is 29.0 Å². The van der Waals surface area contributed by atoms with E-state index in [1.807, 2.05) is 44.4 Å². The van der Waals surface area contributed by atoms with Gasteiger partial charge in [-0.15, -0.1) is 10.2 Å². The molecule has 2 aromatic heterocycles. The van der Waals surface area contributed by atoms with Crippen LogP contribution in [0.5, 0.6) is 0 Å². The number of anilines is 1. The number of ether oxygens (including phenoxy) is 1. The number of thiophene rings is 1. The highest BCUT2D eigenvalue weighted by Crippen LogP contribution is 2.21. The lowest BCUT2D eigenvalue weighted by molar-refractivity contribution is 0.0240. The molecule has 24 heavy (non-hydrogen) atoms. The summed E-state index contributed by atoms with van der Waals surface area (Å²) in [4.78, 5) is 16.0. The SMILES string of the molecule is CC(C)(C)OC(=O)N1CCN(c2ccc(-c3ccsc3)nn2)CC1. The molecule has 3 heterocycles. The largest absolute Gasteiger partial charge is 0.444 e. The third kappa shape index (κ3) is 4.03. The van der Waals surface area contributed by atoms with Crippen molar-refractivity contribution in [1.82, 2.24) is 15.1 Å². The lowest BCUT2D eigenvalue weighted by atomic mass is 10.2. The summed E-state index contributed by atoms with van der Waals surface area (Å²) in [6.07, 6.45) is -0.249. The zero-order chi connectivity index (χ0) is 17.2. The summed E-state index contributed by atoms with van der Waals surface area (Å²) in [7, 11) is 0. The summed E-state index contributed by atoms with van der Waals surface area (Å²) in [6, 6.07) is 6.02. The van der Waals surface area contributed by atoms with E-state index in [-0.39, 0.29) is 6.09 Å². The average molecular weight is 346 g/mol. The fourth-order valence-corrected chi connectivity index (χ4v) is 3.15. The Balaban J connectivity index is 1.58. The molecule has 1 aliphatic heterocycles. The minimum atomic E-state index is -0.461. The van der Waals surface area contributed by atoms with E-state index in [2.05, 4.69) is 20.5 Å². The molecule has 7 heteroatoms. The number of aromatic nitrogens is 2. The molecule has 1 saturated heterocycles. The zero-order valence-corrected chi connectivity index (χ0v) is 15.0. The molecule has 128 valence electrons. The van der Waals surface area contributed by atoms with Crippen molar-refractivity contribution in [3.8, 4) is 11.3 Å². The maximum absolute atomic E-state index is 12.1. The van der Waals surface area contributed by atoms with Crippen LogP contribution in [0, 0.1) is 0 Å². The van der Waals surface area contributed by atoms with E-state index >= 15 is 0 Å². The quantitative estimate of drug-likeness (QED) is 0.835. The van der Waals surface area contributed by atoms with Crippen LogP contribution in [-0.4, -0.2) is 53.0 Å². The molecule has 6 nitrogen and oxygen atoms in total. The Bertz CT molecular complexity index is 672. The molecule has 0 bridgehead atoms. The van der Waals surface area contributed by atoms with Gasteiger partial charge in [0, 0.05) is 37.1 Å². The number of carbonyl (C=O) groups excluding carboxylic acids is 1. The molecule has 3 rings (SSSR count). The second-order valence-corrected chi connectivity index (χ2v) is 7.52. The van der Waals surface area contributed by atoms with E-state index in [1.54, 1.807) is 16.2 Å². The van der Waals surface area contributed by atoms with E-state index in [0.29, 0.717) is 13.1 Å². The van der Waals surface area contributed by atoms with Crippen LogP contribution < -0.4 is 4.90 Å². The van der Waals surface area contributed by atoms with Gasteiger partial charge in [0.15, 0.2) is 5.82 Å². The van der Waals surface area contributed by atoms with Crippen molar-refractivity contribution in [3.63, 3.8) is 0 Å². The number of piperazine rings is 1. The van der Waals surface area contributed by atoms with Crippen LogP contribution in [0.1, 0.15) is 20.8 Å². The van der Waals surface area contributed by atoms with Crippen LogP contribution >= 0.6 is 11.3 Å². The van der Waals surface area contributed by atoms with E-state index in [4.69, 9.17) is 4.74 Å². The van der Waals surface area contributed by atoms with Crippen molar-refractivity contribution in [2.75, 3.05) is 31.1 Å². The second-order valence-electron chi connectivity index (χ2n) is 6.74. The molecular formula is C17H22N4O2S. The summed E-state index contributed by atoms with van der Waals surface area (Å²) in [6.45, 7) is 8.35. The van der Waals surface area contributed by atoms with Gasteiger partial charge >= 0.3 is 6.09 Å². The van der Waals surface area contributed by atoms with Crippen molar-refractivity contribution < 1.29 is 9.53 Å². The first-order chi connectivity index (χ1) is 11.4. The summed E-state index contributed by atoms with van der Waals surface area (Å²) in [5.74, 6) is 0.845. The van der Waals surface area contributed by atoms with Crippen molar-refractivity contribution >= 4 is 23.2 Å². The molecule has 0 aromatic carbocycles. The van der Waals surface area contributed by atoms with Gasteiger partial charge in [-0.2, -0.15) is 11.3 Å².